The fourth-order valence-electron chi connectivity index (χ4n) is 9.78. The Labute approximate surface area is 555 Å². The molecule has 0 aliphatic carbocycles. The van der Waals surface area contributed by atoms with Gasteiger partial charge in [-0.25, -0.2) is 0 Å². The number of unbranched alkanes of at least 4 members (excludes halogenated alkanes) is 26. The summed E-state index contributed by atoms with van der Waals surface area (Å²) >= 11 is 0. The topological polar surface area (TPSA) is 108 Å². The predicted molar refractivity (Wildman–Crippen MR) is 394 cm³/mol. The third kappa shape index (κ3) is 71.3. The minimum Gasteiger partial charge on any atom is -0.756 e. The second kappa shape index (κ2) is 69.2. The number of hydrogen-bond acceptors (Lipinski definition) is 6. The molecule has 0 spiro atoms. The molecule has 2 N–H and O–H groups in total. The lowest BCUT2D eigenvalue weighted by Gasteiger charge is -2.29. The van der Waals surface area contributed by atoms with E-state index in [1.54, 1.807) is 6.08 Å². The lowest BCUT2D eigenvalue weighted by Crippen LogP contribution is -2.45. The van der Waals surface area contributed by atoms with Crippen molar-refractivity contribution in [2.24, 2.45) is 0 Å². The maximum Gasteiger partial charge on any atom is 0.268 e. The van der Waals surface area contributed by atoms with Crippen LogP contribution < -0.4 is 10.2 Å². The molecule has 0 aliphatic rings. The van der Waals surface area contributed by atoms with Crippen LogP contribution >= 0.6 is 7.82 Å². The minimum absolute atomic E-state index is 0.0222. The zero-order chi connectivity index (χ0) is 65.5. The van der Waals surface area contributed by atoms with Gasteiger partial charge in [0.05, 0.1) is 39.9 Å². The van der Waals surface area contributed by atoms with Gasteiger partial charge >= 0.3 is 0 Å². The third-order valence-electron chi connectivity index (χ3n) is 15.4. The second-order valence-electron chi connectivity index (χ2n) is 25.2. The van der Waals surface area contributed by atoms with Gasteiger partial charge in [-0.1, -0.05) is 319 Å². The molecule has 0 saturated heterocycles. The molecular formula is C81H137N2O6P. The first-order chi connectivity index (χ1) is 44.0. The summed E-state index contributed by atoms with van der Waals surface area (Å²) in [5, 5.41) is 13.9. The molecule has 0 aromatic rings. The van der Waals surface area contributed by atoms with E-state index in [1.165, 1.54) is 128 Å². The molecule has 0 aliphatic heterocycles. The van der Waals surface area contributed by atoms with Crippen LogP contribution in [0.3, 0.4) is 0 Å². The summed E-state index contributed by atoms with van der Waals surface area (Å²) in [6.07, 6.45) is 109. The van der Waals surface area contributed by atoms with Crippen LogP contribution in [0.2, 0.25) is 0 Å². The Kier molecular flexibility index (Phi) is 66.0. The number of hydrogen-bond donors (Lipinski definition) is 2. The highest BCUT2D eigenvalue weighted by molar-refractivity contribution is 7.45. The van der Waals surface area contributed by atoms with Gasteiger partial charge in [-0.05, 0) is 128 Å². The lowest BCUT2D eigenvalue weighted by atomic mass is 10.0. The number of rotatable bonds is 65. The quantitative estimate of drug-likeness (QED) is 0.0272. The van der Waals surface area contributed by atoms with Crippen LogP contribution in [0.4, 0.5) is 0 Å². The van der Waals surface area contributed by atoms with Crippen molar-refractivity contribution in [3.05, 3.63) is 170 Å². The predicted octanol–water partition coefficient (Wildman–Crippen LogP) is 23.3. The largest absolute Gasteiger partial charge is 0.756 e. The lowest BCUT2D eigenvalue weighted by molar-refractivity contribution is -0.870. The van der Waals surface area contributed by atoms with Gasteiger partial charge in [-0.15, -0.1) is 0 Å². The molecular weight excluding hydrogens is 1130 g/mol. The van der Waals surface area contributed by atoms with E-state index in [-0.39, 0.29) is 12.5 Å². The number of phosphoric acid groups is 1. The van der Waals surface area contributed by atoms with Crippen LogP contribution in [0, 0.1) is 0 Å². The summed E-state index contributed by atoms with van der Waals surface area (Å²) in [4.78, 5) is 25.6. The Balaban J connectivity index is 4.24. The van der Waals surface area contributed by atoms with Crippen molar-refractivity contribution in [3.8, 4) is 0 Å². The van der Waals surface area contributed by atoms with E-state index in [1.807, 2.05) is 27.2 Å². The molecule has 0 radical (unpaired) electrons. The van der Waals surface area contributed by atoms with Gasteiger partial charge in [-0.3, -0.25) is 9.36 Å². The number of nitrogens with zero attached hydrogens (tertiary/aromatic N) is 1. The monoisotopic (exact) mass is 1270 g/mol. The molecule has 0 aromatic heterocycles. The molecule has 0 fully saturated rings. The number of nitrogens with one attached hydrogen (secondary N) is 1. The van der Waals surface area contributed by atoms with Crippen molar-refractivity contribution >= 4 is 13.7 Å². The van der Waals surface area contributed by atoms with Crippen LogP contribution in [-0.2, 0) is 18.4 Å². The highest BCUT2D eigenvalue weighted by Gasteiger charge is 2.23. The summed E-state index contributed by atoms with van der Waals surface area (Å²) in [5.74, 6) is -0.235. The number of likely N-dealkylation sites (N-methyl/N-ethyl adjacent to an activating group) is 1. The molecule has 9 heteroatoms. The van der Waals surface area contributed by atoms with Crippen molar-refractivity contribution < 1.29 is 32.9 Å². The van der Waals surface area contributed by atoms with E-state index in [0.717, 1.165) is 135 Å². The standard InChI is InChI=1S/C81H137N2O6P/c1-6-8-10-12-14-16-18-20-22-24-26-28-30-32-34-36-37-38-39-40-41-42-43-44-45-47-49-51-53-55-57-59-61-63-65-67-69-71-73-75-81(85)82-79(78-89-90(86,87)88-77-76-83(3,4)5)80(84)74-72-70-68-66-64-62-60-58-56-54-52-50-48-46-35-33-31-29-27-25-23-21-19-17-15-13-11-9-7-2/h8,10,14,16,20,22,26,28,32,34,37-38,40-41,43-44,47,49,53,55-56,58-59,61,64,66,72,74,79-80,84H,6-7,9,11-13,15,17-19,21,23-25,27,29-31,33,35-36,39,42,45-46,48,50-52,54,57,60,62-63,65,67-71,73,75-78H2,1-5H3,(H-,82,85,86,87)/b10-8-,16-14-,22-20-,28-26-,34-32-,38-37-,41-40-,44-43-,49-47-,55-53-,58-56+,61-59-,66-64+,74-72+. The van der Waals surface area contributed by atoms with Crippen LogP contribution in [0.25, 0.3) is 0 Å². The average molecular weight is 1270 g/mol. The van der Waals surface area contributed by atoms with Crippen molar-refractivity contribution in [3.63, 3.8) is 0 Å². The van der Waals surface area contributed by atoms with Crippen molar-refractivity contribution in [2.75, 3.05) is 40.9 Å². The third-order valence-corrected chi connectivity index (χ3v) is 16.4. The van der Waals surface area contributed by atoms with Crippen LogP contribution in [-0.4, -0.2) is 68.5 Å². The van der Waals surface area contributed by atoms with Crippen LogP contribution in [0.5, 0.6) is 0 Å². The van der Waals surface area contributed by atoms with Gasteiger partial charge in [-0.2, -0.15) is 0 Å². The van der Waals surface area contributed by atoms with Gasteiger partial charge in [0, 0.05) is 6.42 Å². The fraction of sp³-hybridized carbons (Fsp3) is 0.642. The Morgan fingerprint density at radius 1 is 0.400 bits per heavy atom. The summed E-state index contributed by atoms with van der Waals surface area (Å²) < 4.78 is 23.4. The number of phosphoric ester groups is 1. The molecule has 512 valence electrons. The molecule has 3 unspecified atom stereocenters. The maximum atomic E-state index is 13.0. The van der Waals surface area contributed by atoms with Crippen molar-refractivity contribution in [2.45, 2.75) is 296 Å². The Bertz CT molecular complexity index is 2080. The maximum absolute atomic E-state index is 13.0. The van der Waals surface area contributed by atoms with Gasteiger partial charge in [0.15, 0.2) is 0 Å². The molecule has 0 aromatic carbocycles. The highest BCUT2D eigenvalue weighted by atomic mass is 31.2. The van der Waals surface area contributed by atoms with Crippen molar-refractivity contribution in [1.29, 1.82) is 0 Å². The molecule has 0 rings (SSSR count). The van der Waals surface area contributed by atoms with Gasteiger partial charge in [0.25, 0.3) is 7.82 Å². The molecule has 1 amide bonds. The number of allylic oxidation sites excluding steroid dienone is 27. The zero-order valence-corrected chi connectivity index (χ0v) is 59.4. The van der Waals surface area contributed by atoms with Gasteiger partial charge in [0.1, 0.15) is 13.2 Å². The smallest absolute Gasteiger partial charge is 0.268 e. The number of amides is 1. The average Bonchev–Trinajstić information content (AvgIpc) is 3.72. The first-order valence-electron chi connectivity index (χ1n) is 36.5. The Hall–Kier alpha value is -4.14. The summed E-state index contributed by atoms with van der Waals surface area (Å²) in [7, 11) is 1.20. The fourth-order valence-corrected chi connectivity index (χ4v) is 10.5. The second-order valence-corrected chi connectivity index (χ2v) is 26.6. The highest BCUT2D eigenvalue weighted by Crippen LogP contribution is 2.38. The van der Waals surface area contributed by atoms with E-state index in [4.69, 9.17) is 9.05 Å². The number of carbonyl (C=O) groups excluding carboxylic acids is 1. The summed E-state index contributed by atoms with van der Waals surface area (Å²) in [6.45, 7) is 4.49. The molecule has 90 heavy (non-hydrogen) atoms. The van der Waals surface area contributed by atoms with Crippen molar-refractivity contribution in [1.82, 2.24) is 5.32 Å². The minimum atomic E-state index is -4.64. The number of quaternary nitrogens is 1. The molecule has 8 nitrogen and oxygen atoms in total. The number of aliphatic hydroxyl groups excluding tert-OH is 1. The zero-order valence-electron chi connectivity index (χ0n) is 58.5. The first kappa shape index (κ1) is 85.9. The first-order valence-corrected chi connectivity index (χ1v) is 38.0. The molecule has 3 atom stereocenters. The van der Waals surface area contributed by atoms with Crippen LogP contribution in [0.15, 0.2) is 170 Å². The summed E-state index contributed by atoms with van der Waals surface area (Å²) in [6, 6.07) is -0.936. The molecule has 0 saturated carbocycles. The Morgan fingerprint density at radius 2 is 0.689 bits per heavy atom. The van der Waals surface area contributed by atoms with Gasteiger partial charge in [0.2, 0.25) is 5.91 Å². The Morgan fingerprint density at radius 3 is 1.03 bits per heavy atom. The molecule has 0 heterocycles. The van der Waals surface area contributed by atoms with Crippen LogP contribution in [0.1, 0.15) is 284 Å². The van der Waals surface area contributed by atoms with E-state index in [0.29, 0.717) is 17.4 Å². The molecule has 0 bridgehead atoms. The van der Waals surface area contributed by atoms with E-state index in [2.05, 4.69) is 177 Å². The normalized spacial score (nSPS) is 14.6. The summed E-state index contributed by atoms with van der Waals surface area (Å²) in [5.41, 5.74) is 0. The van der Waals surface area contributed by atoms with E-state index >= 15 is 0 Å². The van der Waals surface area contributed by atoms with Gasteiger partial charge < -0.3 is 28.8 Å². The number of aliphatic hydroxyl groups is 1. The SMILES string of the molecule is CC/C=C\C/C=C\C/C=C\C/C=C\C/C=C\C/C=C\C/C=C\C/C=C\C/C=C\C/C=C\C/C=C\CCCCCCCC(=O)NC(COP(=O)([O-])OCC[N+](C)(C)C)C(O)/C=C/CC/C=C/CC/C=C/CCCCCCCCCCCCCCCCCCCCC. The number of carbonyl (C=O) groups is 1. The van der Waals surface area contributed by atoms with E-state index in [9.17, 15) is 19.4 Å². The van der Waals surface area contributed by atoms with E-state index < -0.39 is 26.6 Å².